The van der Waals surface area contributed by atoms with E-state index in [0.717, 1.165) is 18.0 Å². The van der Waals surface area contributed by atoms with Gasteiger partial charge in [-0.15, -0.1) is 0 Å². The molecule has 2 saturated heterocycles. The number of piperazine rings is 1. The van der Waals surface area contributed by atoms with Crippen LogP contribution in [0, 0.1) is 5.82 Å². The van der Waals surface area contributed by atoms with Gasteiger partial charge in [-0.1, -0.05) is 30.3 Å². The Morgan fingerprint density at radius 3 is 2.67 bits per heavy atom. The summed E-state index contributed by atoms with van der Waals surface area (Å²) in [5.41, 5.74) is 0.691. The Morgan fingerprint density at radius 1 is 1.17 bits per heavy atom. The highest BCUT2D eigenvalue weighted by molar-refractivity contribution is 5.72. The minimum atomic E-state index is -0.462. The molecule has 0 N–H and O–H groups in total. The zero-order chi connectivity index (χ0) is 16.6. The molecule has 1 atom stereocenters. The van der Waals surface area contributed by atoms with Crippen molar-refractivity contribution in [3.63, 3.8) is 0 Å². The zero-order valence-corrected chi connectivity index (χ0v) is 13.1. The van der Waals surface area contributed by atoms with Crippen LogP contribution in [0.15, 0.2) is 42.7 Å². The molecule has 0 radical (unpaired) electrons. The predicted octanol–water partition coefficient (Wildman–Crippen LogP) is 1.87. The average molecular weight is 328 g/mol. The van der Waals surface area contributed by atoms with Gasteiger partial charge in [0.15, 0.2) is 5.82 Å². The van der Waals surface area contributed by atoms with Crippen LogP contribution in [-0.2, 0) is 11.2 Å². The van der Waals surface area contributed by atoms with Crippen LogP contribution >= 0.6 is 0 Å². The average Bonchev–Trinajstić information content (AvgIpc) is 2.92. The highest BCUT2D eigenvalue weighted by atomic mass is 19.1. The molecule has 0 saturated carbocycles. The summed E-state index contributed by atoms with van der Waals surface area (Å²) in [7, 11) is 0. The smallest absolute Gasteiger partial charge is 0.410 e. The van der Waals surface area contributed by atoms with Crippen LogP contribution < -0.4 is 4.90 Å². The highest BCUT2D eigenvalue weighted by Gasteiger charge is 2.51. The summed E-state index contributed by atoms with van der Waals surface area (Å²) < 4.78 is 18.4. The summed E-state index contributed by atoms with van der Waals surface area (Å²) in [6, 6.07) is 10.0. The van der Waals surface area contributed by atoms with E-state index in [1.54, 1.807) is 4.90 Å². The van der Waals surface area contributed by atoms with E-state index in [4.69, 9.17) is 4.74 Å². The monoisotopic (exact) mass is 328 g/mol. The SMILES string of the molecule is O=C1OCC2(Cc3ccccc3)CN(c3ncc(F)cn3)CCN12. The van der Waals surface area contributed by atoms with Crippen molar-refractivity contribution in [3.05, 3.63) is 54.1 Å². The molecule has 4 rings (SSSR count). The minimum absolute atomic E-state index is 0.273. The van der Waals surface area contributed by atoms with Gasteiger partial charge in [0.25, 0.3) is 0 Å². The second kappa shape index (κ2) is 5.74. The van der Waals surface area contributed by atoms with Gasteiger partial charge in [-0.3, -0.25) is 4.90 Å². The summed E-state index contributed by atoms with van der Waals surface area (Å²) in [5, 5.41) is 0. The molecular formula is C17H17FN4O2. The van der Waals surface area contributed by atoms with Crippen LogP contribution in [0.5, 0.6) is 0 Å². The molecule has 6 nitrogen and oxygen atoms in total. The molecule has 0 bridgehead atoms. The Bertz CT molecular complexity index is 740. The first-order chi connectivity index (χ1) is 11.7. The van der Waals surface area contributed by atoms with Crippen molar-refractivity contribution in [1.82, 2.24) is 14.9 Å². The topological polar surface area (TPSA) is 58.6 Å². The van der Waals surface area contributed by atoms with E-state index >= 15 is 0 Å². The number of cyclic esters (lactones) is 1. The Labute approximate surface area is 138 Å². The molecule has 124 valence electrons. The normalized spacial score (nSPS) is 23.1. The largest absolute Gasteiger partial charge is 0.447 e. The van der Waals surface area contributed by atoms with Crippen LogP contribution in [0.2, 0.25) is 0 Å². The van der Waals surface area contributed by atoms with Gasteiger partial charge in [0.1, 0.15) is 12.1 Å². The number of fused-ring (bicyclic) bond motifs is 1. The molecule has 0 aliphatic carbocycles. The quantitative estimate of drug-likeness (QED) is 0.861. The lowest BCUT2D eigenvalue weighted by Crippen LogP contribution is -2.62. The van der Waals surface area contributed by atoms with Crippen LogP contribution in [0.4, 0.5) is 15.1 Å². The van der Waals surface area contributed by atoms with Crippen molar-refractivity contribution in [2.45, 2.75) is 12.0 Å². The lowest BCUT2D eigenvalue weighted by atomic mass is 9.88. The predicted molar refractivity (Wildman–Crippen MR) is 85.1 cm³/mol. The fourth-order valence-corrected chi connectivity index (χ4v) is 3.48. The summed E-state index contributed by atoms with van der Waals surface area (Å²) in [6.07, 6.45) is 2.74. The number of hydrogen-bond donors (Lipinski definition) is 0. The van der Waals surface area contributed by atoms with Crippen LogP contribution in [-0.4, -0.2) is 52.7 Å². The number of nitrogens with zero attached hydrogens (tertiary/aromatic N) is 4. The highest BCUT2D eigenvalue weighted by Crippen LogP contribution is 2.33. The summed E-state index contributed by atoms with van der Waals surface area (Å²) in [4.78, 5) is 24.0. The van der Waals surface area contributed by atoms with Gasteiger partial charge in [0, 0.05) is 26.1 Å². The van der Waals surface area contributed by atoms with Gasteiger partial charge < -0.3 is 9.64 Å². The van der Waals surface area contributed by atoms with Crippen LogP contribution in [0.25, 0.3) is 0 Å². The third kappa shape index (κ3) is 2.55. The number of aromatic nitrogens is 2. The lowest BCUT2D eigenvalue weighted by molar-refractivity contribution is 0.139. The van der Waals surface area contributed by atoms with Crippen molar-refractivity contribution >= 4 is 12.0 Å². The van der Waals surface area contributed by atoms with E-state index < -0.39 is 11.4 Å². The van der Waals surface area contributed by atoms with Crippen molar-refractivity contribution < 1.29 is 13.9 Å². The molecule has 1 aromatic carbocycles. The van der Waals surface area contributed by atoms with Gasteiger partial charge in [0.05, 0.1) is 12.4 Å². The van der Waals surface area contributed by atoms with Crippen LogP contribution in [0.3, 0.4) is 0 Å². The molecule has 1 aromatic heterocycles. The molecule has 1 amide bonds. The number of anilines is 1. The maximum absolute atomic E-state index is 13.1. The minimum Gasteiger partial charge on any atom is -0.447 e. The van der Waals surface area contributed by atoms with E-state index in [2.05, 4.69) is 9.97 Å². The molecule has 1 unspecified atom stereocenters. The zero-order valence-electron chi connectivity index (χ0n) is 13.1. The van der Waals surface area contributed by atoms with Gasteiger partial charge in [-0.05, 0) is 5.56 Å². The molecule has 2 aromatic rings. The first kappa shape index (κ1) is 14.9. The Kier molecular flexibility index (Phi) is 3.55. The summed E-state index contributed by atoms with van der Waals surface area (Å²) in [5.74, 6) is 0.0126. The molecule has 7 heteroatoms. The number of halogens is 1. The second-order valence-electron chi connectivity index (χ2n) is 6.22. The molecule has 0 spiro atoms. The first-order valence-electron chi connectivity index (χ1n) is 7.87. The number of rotatable bonds is 3. The maximum Gasteiger partial charge on any atom is 0.410 e. The number of hydrogen-bond acceptors (Lipinski definition) is 5. The Hall–Kier alpha value is -2.70. The van der Waals surface area contributed by atoms with E-state index in [0.29, 0.717) is 38.6 Å². The molecule has 2 aliphatic rings. The van der Waals surface area contributed by atoms with Gasteiger partial charge >= 0.3 is 6.09 Å². The lowest BCUT2D eigenvalue weighted by Gasteiger charge is -2.44. The maximum atomic E-state index is 13.1. The van der Waals surface area contributed by atoms with Crippen molar-refractivity contribution in [1.29, 1.82) is 0 Å². The number of benzene rings is 1. The van der Waals surface area contributed by atoms with Crippen molar-refractivity contribution in [2.75, 3.05) is 31.1 Å². The summed E-state index contributed by atoms with van der Waals surface area (Å²) in [6.45, 7) is 2.02. The van der Waals surface area contributed by atoms with Gasteiger partial charge in [0.2, 0.25) is 5.95 Å². The molecular weight excluding hydrogens is 311 g/mol. The first-order valence-corrected chi connectivity index (χ1v) is 7.87. The number of ether oxygens (including phenoxy) is 1. The molecule has 2 fully saturated rings. The van der Waals surface area contributed by atoms with Gasteiger partial charge in [-0.2, -0.15) is 0 Å². The number of carbonyl (C=O) groups excluding carboxylic acids is 1. The van der Waals surface area contributed by atoms with Gasteiger partial charge in [-0.25, -0.2) is 19.2 Å². The second-order valence-corrected chi connectivity index (χ2v) is 6.22. The Morgan fingerprint density at radius 2 is 1.92 bits per heavy atom. The standard InChI is InChI=1S/C17H17FN4O2/c18-14-9-19-15(20-10-14)21-6-7-22-16(23)24-12-17(22,11-21)8-13-4-2-1-3-5-13/h1-5,9-10H,6-8,11-12H2. The van der Waals surface area contributed by atoms with E-state index in [1.807, 2.05) is 35.2 Å². The fourth-order valence-electron chi connectivity index (χ4n) is 3.48. The van der Waals surface area contributed by atoms with Crippen molar-refractivity contribution in [3.8, 4) is 0 Å². The Balaban J connectivity index is 1.63. The van der Waals surface area contributed by atoms with Crippen LogP contribution in [0.1, 0.15) is 5.56 Å². The number of amides is 1. The van der Waals surface area contributed by atoms with E-state index in [9.17, 15) is 9.18 Å². The summed E-state index contributed by atoms with van der Waals surface area (Å²) >= 11 is 0. The van der Waals surface area contributed by atoms with E-state index in [1.165, 1.54) is 0 Å². The molecule has 2 aliphatic heterocycles. The van der Waals surface area contributed by atoms with Crippen molar-refractivity contribution in [2.24, 2.45) is 0 Å². The number of carbonyl (C=O) groups is 1. The fraction of sp³-hybridized carbons (Fsp3) is 0.353. The molecule has 24 heavy (non-hydrogen) atoms. The molecule has 3 heterocycles. The third-order valence-corrected chi connectivity index (χ3v) is 4.60. The van der Waals surface area contributed by atoms with E-state index in [-0.39, 0.29) is 6.09 Å². The third-order valence-electron chi connectivity index (χ3n) is 4.60.